The number of ether oxygens (including phenoxy) is 1. The van der Waals surface area contributed by atoms with Gasteiger partial charge in [-0.25, -0.2) is 9.18 Å². The molecule has 1 aromatic carbocycles. The summed E-state index contributed by atoms with van der Waals surface area (Å²) < 4.78 is 19.9. The minimum atomic E-state index is -0.582. The summed E-state index contributed by atoms with van der Waals surface area (Å²) in [7, 11) is 0. The van der Waals surface area contributed by atoms with Crippen LogP contribution in [0.3, 0.4) is 0 Å². The summed E-state index contributed by atoms with van der Waals surface area (Å²) in [6, 6.07) is 4.59. The number of amides is 2. The van der Waals surface area contributed by atoms with Gasteiger partial charge in [0.15, 0.2) is 0 Å². The lowest BCUT2D eigenvalue weighted by Crippen LogP contribution is -2.49. The van der Waals surface area contributed by atoms with Gasteiger partial charge in [-0.2, -0.15) is 12.6 Å². The van der Waals surface area contributed by atoms with E-state index in [-0.39, 0.29) is 29.9 Å². The van der Waals surface area contributed by atoms with Crippen LogP contribution in [0, 0.1) is 5.82 Å². The minimum Gasteiger partial charge on any atom is -0.487 e. The van der Waals surface area contributed by atoms with E-state index in [9.17, 15) is 14.0 Å². The lowest BCUT2D eigenvalue weighted by Gasteiger charge is -2.36. The fourth-order valence-electron chi connectivity index (χ4n) is 3.26. The third kappa shape index (κ3) is 4.58. The number of halogens is 1. The highest BCUT2D eigenvalue weighted by Crippen LogP contribution is 2.28. The van der Waals surface area contributed by atoms with Gasteiger partial charge in [-0.05, 0) is 30.4 Å². The first-order chi connectivity index (χ1) is 13.4. The predicted molar refractivity (Wildman–Crippen MR) is 110 cm³/mol. The second-order valence-corrected chi connectivity index (χ2v) is 7.17. The van der Waals surface area contributed by atoms with Gasteiger partial charge in [-0.1, -0.05) is 0 Å². The van der Waals surface area contributed by atoms with Crippen LogP contribution in [-0.4, -0.2) is 78.3 Å². The topological polar surface area (TPSA) is 85.4 Å². The zero-order chi connectivity index (χ0) is 20.3. The van der Waals surface area contributed by atoms with Crippen LogP contribution in [0.25, 0.3) is 0 Å². The third-order valence-electron chi connectivity index (χ3n) is 4.71. The monoisotopic (exact) mass is 428 g/mol. The Bertz CT molecular complexity index is 774. The zero-order valence-corrected chi connectivity index (χ0v) is 16.7. The number of thiocarbonyl (C=S) groups is 1. The van der Waals surface area contributed by atoms with E-state index >= 15 is 0 Å². The van der Waals surface area contributed by atoms with Crippen LogP contribution in [0.2, 0.25) is 0 Å². The molecule has 0 radical (unpaired) electrons. The van der Waals surface area contributed by atoms with Crippen LogP contribution in [-0.2, 0) is 9.53 Å². The fraction of sp³-hybridized carbons (Fsp3) is 0.471. The molecular formula is C17H21FN4O4S2. The van der Waals surface area contributed by atoms with Crippen LogP contribution in [0.5, 0.6) is 0 Å². The molecule has 0 spiro atoms. The van der Waals surface area contributed by atoms with Crippen molar-refractivity contribution in [1.82, 2.24) is 10.2 Å². The first kappa shape index (κ1) is 20.5. The molecule has 1 atom stereocenters. The Morgan fingerprint density at radius 1 is 1.36 bits per heavy atom. The number of aliphatic hydroxyl groups is 1. The number of nitrogens with one attached hydrogen (secondary N) is 1. The molecule has 2 amide bonds. The molecule has 11 heteroatoms. The summed E-state index contributed by atoms with van der Waals surface area (Å²) in [5, 5.41) is 11.2. The first-order valence-corrected chi connectivity index (χ1v) is 9.81. The highest BCUT2D eigenvalue weighted by molar-refractivity contribution is 7.81. The summed E-state index contributed by atoms with van der Waals surface area (Å²) in [4.78, 5) is 28.7. The van der Waals surface area contributed by atoms with Gasteiger partial charge in [0.2, 0.25) is 5.91 Å². The van der Waals surface area contributed by atoms with Gasteiger partial charge in [-0.15, -0.1) is 0 Å². The molecule has 2 aliphatic rings. The van der Waals surface area contributed by atoms with Crippen molar-refractivity contribution >= 4 is 53.4 Å². The predicted octanol–water partition coefficient (Wildman–Crippen LogP) is 1.16. The fourth-order valence-corrected chi connectivity index (χ4v) is 3.54. The van der Waals surface area contributed by atoms with E-state index < -0.39 is 18.0 Å². The second-order valence-electron chi connectivity index (χ2n) is 6.46. The molecule has 28 heavy (non-hydrogen) atoms. The number of carbonyl (C=O) groups is 2. The van der Waals surface area contributed by atoms with E-state index in [1.807, 2.05) is 4.90 Å². The normalized spacial score (nSPS) is 19.6. The molecule has 0 aromatic heterocycles. The van der Waals surface area contributed by atoms with Gasteiger partial charge in [0.25, 0.3) is 5.17 Å². The molecule has 0 aliphatic carbocycles. The number of hydrogen-bond acceptors (Lipinski definition) is 6. The molecule has 1 aromatic rings. The molecule has 8 nitrogen and oxygen atoms in total. The van der Waals surface area contributed by atoms with E-state index in [0.717, 1.165) is 0 Å². The lowest BCUT2D eigenvalue weighted by atomic mass is 10.2. The quantitative estimate of drug-likeness (QED) is 0.479. The maximum atomic E-state index is 14.7. The Kier molecular flexibility index (Phi) is 6.45. The average Bonchev–Trinajstić information content (AvgIpc) is 3.06. The van der Waals surface area contributed by atoms with Gasteiger partial charge >= 0.3 is 6.09 Å². The number of cyclic esters (lactones) is 1. The number of hydrogen-bond donors (Lipinski definition) is 3. The summed E-state index contributed by atoms with van der Waals surface area (Å²) in [6.45, 7) is 2.47. The molecule has 0 bridgehead atoms. The third-order valence-corrected chi connectivity index (χ3v) is 5.12. The number of anilines is 2. The van der Waals surface area contributed by atoms with E-state index in [1.54, 1.807) is 17.0 Å². The van der Waals surface area contributed by atoms with Crippen LogP contribution in [0.15, 0.2) is 18.2 Å². The number of benzene rings is 1. The van der Waals surface area contributed by atoms with Crippen LogP contribution in [0.1, 0.15) is 0 Å². The Morgan fingerprint density at radius 3 is 2.68 bits per heavy atom. The molecular weight excluding hydrogens is 407 g/mol. The minimum absolute atomic E-state index is 0.0302. The first-order valence-electron chi connectivity index (χ1n) is 8.77. The van der Waals surface area contributed by atoms with Crippen molar-refractivity contribution in [2.45, 2.75) is 6.10 Å². The van der Waals surface area contributed by atoms with Crippen LogP contribution < -0.4 is 15.1 Å². The zero-order valence-electron chi connectivity index (χ0n) is 15.0. The highest BCUT2D eigenvalue weighted by Gasteiger charge is 2.33. The van der Waals surface area contributed by atoms with Crippen molar-refractivity contribution in [3.63, 3.8) is 0 Å². The molecule has 2 fully saturated rings. The smallest absolute Gasteiger partial charge is 0.414 e. The molecule has 3 rings (SSSR count). The van der Waals surface area contributed by atoms with Crippen molar-refractivity contribution in [3.8, 4) is 0 Å². The molecule has 2 N–H and O–H groups in total. The maximum Gasteiger partial charge on any atom is 0.414 e. The molecule has 2 saturated heterocycles. The Balaban J connectivity index is 1.64. The van der Waals surface area contributed by atoms with Gasteiger partial charge < -0.3 is 25.0 Å². The van der Waals surface area contributed by atoms with E-state index in [4.69, 9.17) is 9.84 Å². The van der Waals surface area contributed by atoms with Gasteiger partial charge in [-0.3, -0.25) is 9.69 Å². The van der Waals surface area contributed by atoms with E-state index in [2.05, 4.69) is 30.2 Å². The summed E-state index contributed by atoms with van der Waals surface area (Å²) in [5.41, 5.74) is 0.822. The molecule has 2 heterocycles. The summed E-state index contributed by atoms with van der Waals surface area (Å²) in [5.74, 6) is -0.315. The molecule has 1 unspecified atom stereocenters. The van der Waals surface area contributed by atoms with Crippen molar-refractivity contribution in [3.05, 3.63) is 24.0 Å². The number of aliphatic hydroxyl groups excluding tert-OH is 1. The van der Waals surface area contributed by atoms with E-state index in [1.165, 1.54) is 11.0 Å². The largest absolute Gasteiger partial charge is 0.487 e. The SMILES string of the molecule is O=C(CS)N1CCN(c2ccc(N3CC(CNC(O)=S)OC3=O)cc2F)CC1. The number of thiol groups is 1. The number of nitrogens with zero attached hydrogens (tertiary/aromatic N) is 3. The Labute approximate surface area is 172 Å². The Morgan fingerprint density at radius 2 is 2.07 bits per heavy atom. The molecule has 0 saturated carbocycles. The van der Waals surface area contributed by atoms with Crippen molar-refractivity contribution in [1.29, 1.82) is 0 Å². The van der Waals surface area contributed by atoms with E-state index in [0.29, 0.717) is 37.6 Å². The van der Waals surface area contributed by atoms with Crippen molar-refractivity contribution in [2.24, 2.45) is 0 Å². The van der Waals surface area contributed by atoms with Crippen molar-refractivity contribution in [2.75, 3.05) is 54.8 Å². The molecule has 152 valence electrons. The molecule has 2 aliphatic heterocycles. The van der Waals surface area contributed by atoms with Gasteiger partial charge in [0.05, 0.1) is 30.2 Å². The van der Waals surface area contributed by atoms with Crippen LogP contribution >= 0.6 is 24.8 Å². The van der Waals surface area contributed by atoms with Crippen molar-refractivity contribution < 1.29 is 23.8 Å². The Hall–Kier alpha value is -2.27. The number of piperazine rings is 1. The van der Waals surface area contributed by atoms with Crippen LogP contribution in [0.4, 0.5) is 20.6 Å². The van der Waals surface area contributed by atoms with Gasteiger partial charge in [0.1, 0.15) is 11.9 Å². The highest BCUT2D eigenvalue weighted by atomic mass is 32.1. The summed E-state index contributed by atoms with van der Waals surface area (Å²) in [6.07, 6.45) is -1.08. The lowest BCUT2D eigenvalue weighted by molar-refractivity contribution is -0.128. The maximum absolute atomic E-state index is 14.7. The second kappa shape index (κ2) is 8.82. The average molecular weight is 429 g/mol. The van der Waals surface area contributed by atoms with Gasteiger partial charge in [0, 0.05) is 26.2 Å². The number of rotatable bonds is 5. The number of carbonyl (C=O) groups excluding carboxylic acids is 2. The standard InChI is InChI=1S/C17H21FN4O4S2/c18-13-7-11(22-9-12(26-17(22)25)8-19-16(24)28)1-2-14(13)20-3-5-21(6-4-20)15(23)10-27/h1-2,7,12,27H,3-6,8-10H2,(H2,19,24,28). The summed E-state index contributed by atoms with van der Waals surface area (Å²) >= 11 is 8.51.